The maximum atomic E-state index is 14.0. The third-order valence-corrected chi connectivity index (χ3v) is 5.85. The Morgan fingerprint density at radius 3 is 2.44 bits per heavy atom. The number of hydrogen-bond acceptors (Lipinski definition) is 3. The van der Waals surface area contributed by atoms with Crippen LogP contribution in [0.3, 0.4) is 0 Å². The Bertz CT molecular complexity index is 504. The van der Waals surface area contributed by atoms with Crippen molar-refractivity contribution in [2.75, 3.05) is 0 Å². The molecule has 27 heavy (non-hydrogen) atoms. The quantitative estimate of drug-likeness (QED) is 0.403. The maximum absolute atomic E-state index is 14.0. The molecule has 0 saturated heterocycles. The first-order valence-electron chi connectivity index (χ1n) is 10.3. The van der Waals surface area contributed by atoms with E-state index in [9.17, 15) is 23.2 Å². The lowest BCUT2D eigenvalue weighted by molar-refractivity contribution is -0.146. The van der Waals surface area contributed by atoms with Crippen molar-refractivity contribution < 1.29 is 28.3 Å². The van der Waals surface area contributed by atoms with Crippen molar-refractivity contribution in [2.24, 2.45) is 17.8 Å². The number of halogens is 2. The van der Waals surface area contributed by atoms with E-state index in [1.54, 1.807) is 6.92 Å². The molecule has 1 saturated carbocycles. The van der Waals surface area contributed by atoms with Crippen LogP contribution >= 0.6 is 0 Å². The third-order valence-electron chi connectivity index (χ3n) is 5.85. The maximum Gasteiger partial charge on any atom is 0.305 e. The molecule has 4 nitrogen and oxygen atoms in total. The first-order chi connectivity index (χ1) is 12.7. The van der Waals surface area contributed by atoms with Gasteiger partial charge in [-0.1, -0.05) is 39.5 Å². The second kappa shape index (κ2) is 11.5. The lowest BCUT2D eigenvalue weighted by Gasteiger charge is -2.21. The Morgan fingerprint density at radius 2 is 1.81 bits per heavy atom. The summed E-state index contributed by atoms with van der Waals surface area (Å²) in [4.78, 5) is 34.5. The minimum Gasteiger partial charge on any atom is -0.481 e. The highest BCUT2D eigenvalue weighted by Crippen LogP contribution is 2.37. The molecule has 0 aliphatic heterocycles. The Morgan fingerprint density at radius 1 is 1.15 bits per heavy atom. The van der Waals surface area contributed by atoms with Gasteiger partial charge in [0.1, 0.15) is 5.78 Å². The van der Waals surface area contributed by atoms with Crippen LogP contribution in [0.2, 0.25) is 0 Å². The van der Waals surface area contributed by atoms with E-state index in [0.29, 0.717) is 38.5 Å². The van der Waals surface area contributed by atoms with Gasteiger partial charge in [0.2, 0.25) is 5.78 Å². The van der Waals surface area contributed by atoms with Crippen LogP contribution in [-0.2, 0) is 14.4 Å². The monoisotopic (exact) mass is 388 g/mol. The van der Waals surface area contributed by atoms with Crippen molar-refractivity contribution in [1.29, 1.82) is 0 Å². The van der Waals surface area contributed by atoms with Crippen molar-refractivity contribution >= 4 is 17.5 Å². The average Bonchev–Trinajstić information content (AvgIpc) is 2.95. The normalized spacial score (nSPS) is 21.4. The Balaban J connectivity index is 2.39. The predicted octanol–water partition coefficient (Wildman–Crippen LogP) is 5.43. The van der Waals surface area contributed by atoms with Gasteiger partial charge < -0.3 is 5.11 Å². The van der Waals surface area contributed by atoms with E-state index >= 15 is 0 Å². The number of carbonyl (C=O) groups excluding carboxylic acids is 2. The van der Waals surface area contributed by atoms with Crippen LogP contribution in [0.4, 0.5) is 8.78 Å². The van der Waals surface area contributed by atoms with Gasteiger partial charge in [-0.3, -0.25) is 14.4 Å². The molecule has 0 spiro atoms. The molecule has 1 unspecified atom stereocenters. The zero-order valence-corrected chi connectivity index (χ0v) is 16.6. The van der Waals surface area contributed by atoms with Gasteiger partial charge in [-0.15, -0.1) is 0 Å². The van der Waals surface area contributed by atoms with Crippen molar-refractivity contribution in [1.82, 2.24) is 0 Å². The zero-order valence-electron chi connectivity index (χ0n) is 16.6. The summed E-state index contributed by atoms with van der Waals surface area (Å²) >= 11 is 0. The SMILES string of the molecule is CCC(C)CC(F)(F)C(=O)CC[C@H]1CCC(=O)[C@@H]1CCCCCCC(=O)O. The van der Waals surface area contributed by atoms with Crippen LogP contribution in [0.25, 0.3) is 0 Å². The summed E-state index contributed by atoms with van der Waals surface area (Å²) in [5, 5.41) is 8.61. The van der Waals surface area contributed by atoms with Crippen LogP contribution in [0.1, 0.15) is 90.9 Å². The van der Waals surface area contributed by atoms with E-state index in [2.05, 4.69) is 0 Å². The fraction of sp³-hybridized carbons (Fsp3) is 0.857. The highest BCUT2D eigenvalue weighted by molar-refractivity contribution is 5.86. The fourth-order valence-electron chi connectivity index (χ4n) is 3.91. The minimum atomic E-state index is -3.27. The fourth-order valence-corrected chi connectivity index (χ4v) is 3.91. The van der Waals surface area contributed by atoms with Crippen molar-refractivity contribution in [3.63, 3.8) is 0 Å². The van der Waals surface area contributed by atoms with Gasteiger partial charge in [-0.05, 0) is 37.5 Å². The molecule has 0 aromatic rings. The van der Waals surface area contributed by atoms with Gasteiger partial charge >= 0.3 is 11.9 Å². The third kappa shape index (κ3) is 8.48. The van der Waals surface area contributed by atoms with E-state index in [1.165, 1.54) is 0 Å². The summed E-state index contributed by atoms with van der Waals surface area (Å²) in [6, 6.07) is 0. The van der Waals surface area contributed by atoms with E-state index in [0.717, 1.165) is 19.3 Å². The molecule has 0 bridgehead atoms. The number of carboxylic acid groups (broad SMARTS) is 1. The molecule has 0 amide bonds. The van der Waals surface area contributed by atoms with E-state index in [1.807, 2.05) is 6.92 Å². The minimum absolute atomic E-state index is 0.0277. The predicted molar refractivity (Wildman–Crippen MR) is 99.8 cm³/mol. The lowest BCUT2D eigenvalue weighted by atomic mass is 9.85. The molecular formula is C21H34F2O4. The van der Waals surface area contributed by atoms with Gasteiger partial charge in [0.15, 0.2) is 0 Å². The molecular weight excluding hydrogens is 354 g/mol. The molecule has 0 aromatic carbocycles. The Hall–Kier alpha value is -1.33. The van der Waals surface area contributed by atoms with Crippen molar-refractivity contribution in [3.05, 3.63) is 0 Å². The standard InChI is InChI=1S/C21H34F2O4/c1-3-15(2)14-21(22,23)19(25)13-11-16-10-12-18(24)17(16)8-6-4-5-7-9-20(26)27/h15-17H,3-14H2,1-2H3,(H,26,27)/t15?,16-,17-/m1/s1. The van der Waals surface area contributed by atoms with Crippen LogP contribution in [0.5, 0.6) is 0 Å². The topological polar surface area (TPSA) is 71.4 Å². The van der Waals surface area contributed by atoms with Crippen molar-refractivity contribution in [3.8, 4) is 0 Å². The summed E-state index contributed by atoms with van der Waals surface area (Å²) in [5.41, 5.74) is 0. The number of unbranched alkanes of at least 4 members (excludes halogenated alkanes) is 3. The number of hydrogen-bond donors (Lipinski definition) is 1. The number of alkyl halides is 2. The van der Waals surface area contributed by atoms with Crippen LogP contribution in [-0.4, -0.2) is 28.6 Å². The zero-order chi connectivity index (χ0) is 20.4. The van der Waals surface area contributed by atoms with Gasteiger partial charge in [0.05, 0.1) is 0 Å². The molecule has 156 valence electrons. The number of rotatable bonds is 14. The Kier molecular flexibility index (Phi) is 10.1. The van der Waals surface area contributed by atoms with Gasteiger partial charge in [0, 0.05) is 31.6 Å². The number of ketones is 2. The smallest absolute Gasteiger partial charge is 0.305 e. The molecule has 1 aliphatic rings. The van der Waals surface area contributed by atoms with E-state index in [-0.39, 0.29) is 36.4 Å². The summed E-state index contributed by atoms with van der Waals surface area (Å²) in [6.45, 7) is 3.56. The summed E-state index contributed by atoms with van der Waals surface area (Å²) in [5.74, 6) is -5.15. The molecule has 1 aliphatic carbocycles. The first-order valence-corrected chi connectivity index (χ1v) is 10.3. The summed E-state index contributed by atoms with van der Waals surface area (Å²) < 4.78 is 28.0. The van der Waals surface area contributed by atoms with Crippen LogP contribution in [0, 0.1) is 17.8 Å². The highest BCUT2D eigenvalue weighted by atomic mass is 19.3. The highest BCUT2D eigenvalue weighted by Gasteiger charge is 2.40. The molecule has 0 radical (unpaired) electrons. The van der Waals surface area contributed by atoms with Crippen molar-refractivity contribution in [2.45, 2.75) is 96.8 Å². The Labute approximate surface area is 161 Å². The molecule has 1 N–H and O–H groups in total. The molecule has 1 rings (SSSR count). The van der Waals surface area contributed by atoms with Gasteiger partial charge in [0.25, 0.3) is 0 Å². The number of Topliss-reactive ketones (excluding diaryl/α,β-unsaturated/α-hetero) is 2. The van der Waals surface area contributed by atoms with Gasteiger partial charge in [-0.25, -0.2) is 0 Å². The number of aliphatic carboxylic acids is 1. The molecule has 6 heteroatoms. The number of carboxylic acids is 1. The van der Waals surface area contributed by atoms with Crippen LogP contribution in [0.15, 0.2) is 0 Å². The van der Waals surface area contributed by atoms with E-state index < -0.39 is 24.1 Å². The van der Waals surface area contributed by atoms with E-state index in [4.69, 9.17) is 5.11 Å². The van der Waals surface area contributed by atoms with Crippen LogP contribution < -0.4 is 0 Å². The molecule has 0 heterocycles. The second-order valence-electron chi connectivity index (χ2n) is 8.10. The summed E-state index contributed by atoms with van der Waals surface area (Å²) in [7, 11) is 0. The number of carbonyl (C=O) groups is 3. The summed E-state index contributed by atoms with van der Waals surface area (Å²) in [6.07, 6.45) is 5.64. The second-order valence-corrected chi connectivity index (χ2v) is 8.10. The molecule has 3 atom stereocenters. The largest absolute Gasteiger partial charge is 0.481 e. The lowest BCUT2D eigenvalue weighted by Crippen LogP contribution is -2.31. The molecule has 1 fully saturated rings. The molecule has 0 aromatic heterocycles. The average molecular weight is 388 g/mol. The van der Waals surface area contributed by atoms with Gasteiger partial charge in [-0.2, -0.15) is 8.78 Å². The first kappa shape index (κ1) is 23.7.